The minimum atomic E-state index is 0. The fraction of sp³-hybridized carbons (Fsp3) is 0.667. The number of halogens is 1. The molecule has 2 heterocycles. The Labute approximate surface area is 186 Å². The number of rotatable bonds is 6. The van der Waals surface area contributed by atoms with Crippen LogP contribution in [0.25, 0.3) is 0 Å². The number of aliphatic imine (C=N–C) groups is 1. The Hall–Kier alpha value is -1.06. The first-order valence-electron chi connectivity index (χ1n) is 10.2. The number of morpholine rings is 1. The Kier molecular flexibility index (Phi) is 9.81. The second-order valence-electron chi connectivity index (χ2n) is 7.40. The SMILES string of the molecule is CCNC(=NCC(C)N(C)c1ccccc1)N1CCOC(C2CCCO2)C1.I. The summed E-state index contributed by atoms with van der Waals surface area (Å²) in [6, 6.07) is 10.8. The summed E-state index contributed by atoms with van der Waals surface area (Å²) in [6.45, 7) is 9.26. The van der Waals surface area contributed by atoms with Crippen LogP contribution in [0.15, 0.2) is 35.3 Å². The van der Waals surface area contributed by atoms with Gasteiger partial charge in [0.25, 0.3) is 0 Å². The maximum absolute atomic E-state index is 5.98. The molecule has 0 aromatic heterocycles. The highest BCUT2D eigenvalue weighted by Gasteiger charge is 2.32. The number of hydrogen-bond donors (Lipinski definition) is 1. The first kappa shape index (κ1) is 23.2. The zero-order valence-electron chi connectivity index (χ0n) is 17.3. The van der Waals surface area contributed by atoms with Gasteiger partial charge in [0, 0.05) is 45.0 Å². The first-order chi connectivity index (χ1) is 13.2. The molecule has 0 spiro atoms. The number of nitrogens with one attached hydrogen (secondary N) is 1. The van der Waals surface area contributed by atoms with Gasteiger partial charge in [-0.05, 0) is 38.8 Å². The van der Waals surface area contributed by atoms with Crippen molar-refractivity contribution in [2.24, 2.45) is 4.99 Å². The Morgan fingerprint density at radius 1 is 1.25 bits per heavy atom. The van der Waals surface area contributed by atoms with Crippen molar-refractivity contribution in [3.8, 4) is 0 Å². The number of hydrogen-bond acceptors (Lipinski definition) is 4. The third kappa shape index (κ3) is 6.22. The molecule has 1 aromatic rings. The highest BCUT2D eigenvalue weighted by atomic mass is 127. The first-order valence-corrected chi connectivity index (χ1v) is 10.2. The van der Waals surface area contributed by atoms with Gasteiger partial charge in [0.1, 0.15) is 6.10 Å². The predicted octanol–water partition coefficient (Wildman–Crippen LogP) is 2.97. The second kappa shape index (κ2) is 11.8. The molecule has 0 amide bonds. The Morgan fingerprint density at radius 2 is 2.00 bits per heavy atom. The molecule has 2 saturated heterocycles. The number of para-hydroxylation sites is 1. The number of guanidine groups is 1. The molecule has 2 aliphatic heterocycles. The number of likely N-dealkylation sites (N-methyl/N-ethyl adjacent to an activating group) is 1. The second-order valence-corrected chi connectivity index (χ2v) is 7.40. The normalized spacial score (nSPS) is 23.8. The lowest BCUT2D eigenvalue weighted by molar-refractivity contribution is -0.0817. The summed E-state index contributed by atoms with van der Waals surface area (Å²) in [5, 5.41) is 3.46. The number of ether oxygens (including phenoxy) is 2. The molecule has 2 fully saturated rings. The molecule has 6 nitrogen and oxygen atoms in total. The van der Waals surface area contributed by atoms with Crippen molar-refractivity contribution in [1.29, 1.82) is 0 Å². The zero-order chi connectivity index (χ0) is 19.1. The van der Waals surface area contributed by atoms with Crippen molar-refractivity contribution in [2.45, 2.75) is 44.9 Å². The summed E-state index contributed by atoms with van der Waals surface area (Å²) in [7, 11) is 2.13. The Morgan fingerprint density at radius 3 is 2.68 bits per heavy atom. The van der Waals surface area contributed by atoms with Crippen LogP contribution >= 0.6 is 24.0 Å². The predicted molar refractivity (Wildman–Crippen MR) is 126 cm³/mol. The van der Waals surface area contributed by atoms with Crippen molar-refractivity contribution >= 4 is 35.6 Å². The van der Waals surface area contributed by atoms with E-state index in [1.807, 2.05) is 6.07 Å². The van der Waals surface area contributed by atoms with Gasteiger partial charge >= 0.3 is 0 Å². The third-order valence-corrected chi connectivity index (χ3v) is 5.44. The van der Waals surface area contributed by atoms with E-state index < -0.39 is 0 Å². The summed E-state index contributed by atoms with van der Waals surface area (Å²) in [5.74, 6) is 0.983. The summed E-state index contributed by atoms with van der Waals surface area (Å²) >= 11 is 0. The maximum Gasteiger partial charge on any atom is 0.194 e. The molecule has 158 valence electrons. The van der Waals surface area contributed by atoms with E-state index in [0.717, 1.165) is 58.2 Å². The lowest BCUT2D eigenvalue weighted by Gasteiger charge is -2.37. The van der Waals surface area contributed by atoms with Gasteiger partial charge < -0.3 is 24.6 Å². The third-order valence-electron chi connectivity index (χ3n) is 5.44. The van der Waals surface area contributed by atoms with E-state index in [4.69, 9.17) is 14.5 Å². The summed E-state index contributed by atoms with van der Waals surface area (Å²) in [6.07, 6.45) is 2.63. The zero-order valence-corrected chi connectivity index (χ0v) is 19.7. The van der Waals surface area contributed by atoms with Gasteiger partial charge in [0.2, 0.25) is 0 Å². The number of anilines is 1. The van der Waals surface area contributed by atoms with Crippen LogP contribution in [0.1, 0.15) is 26.7 Å². The fourth-order valence-electron chi connectivity index (χ4n) is 3.67. The molecule has 7 heteroatoms. The largest absolute Gasteiger partial charge is 0.375 e. The lowest BCUT2D eigenvalue weighted by atomic mass is 10.1. The molecule has 0 aliphatic carbocycles. The van der Waals surface area contributed by atoms with E-state index in [9.17, 15) is 0 Å². The molecule has 28 heavy (non-hydrogen) atoms. The number of nitrogens with zero attached hydrogens (tertiary/aromatic N) is 3. The minimum Gasteiger partial charge on any atom is -0.375 e. The van der Waals surface area contributed by atoms with Gasteiger partial charge in [0.15, 0.2) is 5.96 Å². The summed E-state index contributed by atoms with van der Waals surface area (Å²) in [5.41, 5.74) is 1.22. The van der Waals surface area contributed by atoms with Crippen molar-refractivity contribution in [3.05, 3.63) is 30.3 Å². The van der Waals surface area contributed by atoms with Crippen LogP contribution in [0.4, 0.5) is 5.69 Å². The van der Waals surface area contributed by atoms with Gasteiger partial charge in [0.05, 0.1) is 19.3 Å². The van der Waals surface area contributed by atoms with Crippen LogP contribution in [0.5, 0.6) is 0 Å². The van der Waals surface area contributed by atoms with Gasteiger partial charge in [-0.1, -0.05) is 18.2 Å². The van der Waals surface area contributed by atoms with Crippen molar-refractivity contribution in [2.75, 3.05) is 51.3 Å². The average Bonchev–Trinajstić information content (AvgIpc) is 3.26. The Balaban J connectivity index is 0.00000280. The van der Waals surface area contributed by atoms with Gasteiger partial charge in [-0.3, -0.25) is 4.99 Å². The molecule has 0 saturated carbocycles. The van der Waals surface area contributed by atoms with Crippen LogP contribution in [0.3, 0.4) is 0 Å². The van der Waals surface area contributed by atoms with Gasteiger partial charge in [-0.15, -0.1) is 24.0 Å². The lowest BCUT2D eigenvalue weighted by Crippen LogP contribution is -2.53. The number of benzene rings is 1. The molecular weight excluding hydrogens is 467 g/mol. The van der Waals surface area contributed by atoms with E-state index >= 15 is 0 Å². The van der Waals surface area contributed by atoms with E-state index in [1.54, 1.807) is 0 Å². The van der Waals surface area contributed by atoms with Crippen LogP contribution in [-0.4, -0.2) is 75.5 Å². The van der Waals surface area contributed by atoms with Crippen molar-refractivity contribution in [1.82, 2.24) is 10.2 Å². The summed E-state index contributed by atoms with van der Waals surface area (Å²) < 4.78 is 11.8. The van der Waals surface area contributed by atoms with Crippen LogP contribution < -0.4 is 10.2 Å². The smallest absolute Gasteiger partial charge is 0.194 e. The van der Waals surface area contributed by atoms with Crippen LogP contribution in [-0.2, 0) is 9.47 Å². The fourth-order valence-corrected chi connectivity index (χ4v) is 3.67. The van der Waals surface area contributed by atoms with E-state index in [1.165, 1.54) is 5.69 Å². The van der Waals surface area contributed by atoms with Crippen molar-refractivity contribution < 1.29 is 9.47 Å². The topological polar surface area (TPSA) is 49.3 Å². The molecule has 2 aliphatic rings. The molecule has 3 unspecified atom stereocenters. The molecule has 0 radical (unpaired) electrons. The Bertz CT molecular complexity index is 595. The summed E-state index contributed by atoms with van der Waals surface area (Å²) in [4.78, 5) is 9.55. The molecule has 3 rings (SSSR count). The van der Waals surface area contributed by atoms with E-state index in [-0.39, 0.29) is 36.2 Å². The molecule has 3 atom stereocenters. The molecular formula is C21H35IN4O2. The standard InChI is InChI=1S/C21H34N4O2.HI/c1-4-22-21(23-15-17(2)24(3)18-9-6-5-7-10-18)25-12-14-27-20(16-25)19-11-8-13-26-19;/h5-7,9-10,17,19-20H,4,8,11-16H2,1-3H3,(H,22,23);1H. The highest BCUT2D eigenvalue weighted by Crippen LogP contribution is 2.21. The van der Waals surface area contributed by atoms with Gasteiger partial charge in [-0.2, -0.15) is 0 Å². The van der Waals surface area contributed by atoms with Crippen LogP contribution in [0.2, 0.25) is 0 Å². The quantitative estimate of drug-likeness (QED) is 0.369. The highest BCUT2D eigenvalue weighted by molar-refractivity contribution is 14.0. The average molecular weight is 502 g/mol. The van der Waals surface area contributed by atoms with E-state index in [0.29, 0.717) is 6.04 Å². The minimum absolute atomic E-state index is 0. The van der Waals surface area contributed by atoms with Crippen LogP contribution in [0, 0.1) is 0 Å². The maximum atomic E-state index is 5.98. The van der Waals surface area contributed by atoms with E-state index in [2.05, 4.69) is 60.3 Å². The molecule has 1 aromatic carbocycles. The molecule has 0 bridgehead atoms. The van der Waals surface area contributed by atoms with Crippen molar-refractivity contribution in [3.63, 3.8) is 0 Å². The van der Waals surface area contributed by atoms with Gasteiger partial charge in [-0.25, -0.2) is 0 Å². The molecule has 1 N–H and O–H groups in total. The monoisotopic (exact) mass is 502 g/mol.